The van der Waals surface area contributed by atoms with Crippen LogP contribution in [0, 0.1) is 0 Å². The third-order valence-corrected chi connectivity index (χ3v) is 2.23. The van der Waals surface area contributed by atoms with Crippen molar-refractivity contribution >= 4 is 5.91 Å². The summed E-state index contributed by atoms with van der Waals surface area (Å²) >= 11 is 0. The van der Waals surface area contributed by atoms with Gasteiger partial charge in [0.2, 0.25) is 5.91 Å². The molecule has 4 nitrogen and oxygen atoms in total. The Labute approximate surface area is 108 Å². The number of nitrogens with one attached hydrogen (secondary N) is 2. The molecular weight excluding hydrogens is 228 g/mol. The van der Waals surface area contributed by atoms with Gasteiger partial charge in [-0.15, -0.1) is 6.58 Å². The molecule has 0 aliphatic rings. The van der Waals surface area contributed by atoms with Crippen molar-refractivity contribution in [3.8, 4) is 5.75 Å². The van der Waals surface area contributed by atoms with Gasteiger partial charge in [0.25, 0.3) is 0 Å². The zero-order valence-corrected chi connectivity index (χ0v) is 10.5. The summed E-state index contributed by atoms with van der Waals surface area (Å²) in [7, 11) is 0. The number of hydrogen-bond acceptors (Lipinski definition) is 3. The lowest BCUT2D eigenvalue weighted by Gasteiger charge is -2.07. The Bertz CT molecular complexity index is 352. The van der Waals surface area contributed by atoms with Gasteiger partial charge >= 0.3 is 0 Å². The molecule has 0 unspecified atom stereocenters. The second kappa shape index (κ2) is 9.24. The zero-order valence-electron chi connectivity index (χ0n) is 10.5. The van der Waals surface area contributed by atoms with Gasteiger partial charge in [-0.1, -0.05) is 24.3 Å². The van der Waals surface area contributed by atoms with Gasteiger partial charge in [0, 0.05) is 13.1 Å². The monoisotopic (exact) mass is 248 g/mol. The molecule has 0 fully saturated rings. The highest BCUT2D eigenvalue weighted by Gasteiger charge is 1.98. The topological polar surface area (TPSA) is 50.4 Å². The molecule has 0 aromatic heterocycles. The van der Waals surface area contributed by atoms with E-state index in [2.05, 4.69) is 17.2 Å². The molecule has 1 aromatic rings. The third kappa shape index (κ3) is 6.70. The minimum atomic E-state index is -0.00318. The lowest BCUT2D eigenvalue weighted by molar-refractivity contribution is -0.120. The molecule has 0 aliphatic heterocycles. The summed E-state index contributed by atoms with van der Waals surface area (Å²) in [6, 6.07) is 9.64. The van der Waals surface area contributed by atoms with Crippen LogP contribution in [-0.4, -0.2) is 32.1 Å². The van der Waals surface area contributed by atoms with Crippen LogP contribution in [0.3, 0.4) is 0 Å². The molecule has 1 rings (SSSR count). The molecule has 1 amide bonds. The molecule has 2 N–H and O–H groups in total. The van der Waals surface area contributed by atoms with E-state index in [0.717, 1.165) is 12.2 Å². The van der Waals surface area contributed by atoms with Crippen molar-refractivity contribution in [1.29, 1.82) is 0 Å². The maximum Gasteiger partial charge on any atom is 0.233 e. The van der Waals surface area contributed by atoms with E-state index in [0.29, 0.717) is 26.2 Å². The van der Waals surface area contributed by atoms with Crippen LogP contribution in [0.4, 0.5) is 0 Å². The largest absolute Gasteiger partial charge is 0.494 e. The number of hydrogen-bond donors (Lipinski definition) is 2. The number of amides is 1. The smallest absolute Gasteiger partial charge is 0.233 e. The molecule has 18 heavy (non-hydrogen) atoms. The van der Waals surface area contributed by atoms with Crippen LogP contribution in [0.1, 0.15) is 6.42 Å². The Morgan fingerprint density at radius 3 is 2.83 bits per heavy atom. The number of carbonyl (C=O) groups is 1. The van der Waals surface area contributed by atoms with Crippen LogP contribution in [0.25, 0.3) is 0 Å². The second-order valence-electron chi connectivity index (χ2n) is 3.78. The molecule has 98 valence electrons. The fourth-order valence-corrected chi connectivity index (χ4v) is 1.36. The van der Waals surface area contributed by atoms with Crippen molar-refractivity contribution in [3.05, 3.63) is 43.0 Å². The maximum atomic E-state index is 11.3. The third-order valence-electron chi connectivity index (χ3n) is 2.23. The molecule has 0 saturated heterocycles. The van der Waals surface area contributed by atoms with Gasteiger partial charge < -0.3 is 15.4 Å². The van der Waals surface area contributed by atoms with Crippen LogP contribution < -0.4 is 15.4 Å². The second-order valence-corrected chi connectivity index (χ2v) is 3.78. The lowest BCUT2D eigenvalue weighted by Crippen LogP contribution is -2.34. The highest BCUT2D eigenvalue weighted by molar-refractivity contribution is 5.77. The van der Waals surface area contributed by atoms with Crippen molar-refractivity contribution in [2.45, 2.75) is 6.42 Å². The van der Waals surface area contributed by atoms with E-state index in [1.165, 1.54) is 0 Å². The van der Waals surface area contributed by atoms with E-state index in [9.17, 15) is 4.79 Å². The average molecular weight is 248 g/mol. The van der Waals surface area contributed by atoms with Gasteiger partial charge in [-0.05, 0) is 18.6 Å². The average Bonchev–Trinajstić information content (AvgIpc) is 2.40. The lowest BCUT2D eigenvalue weighted by atomic mass is 10.3. The quantitative estimate of drug-likeness (QED) is 0.512. The van der Waals surface area contributed by atoms with Gasteiger partial charge in [0.05, 0.1) is 13.2 Å². The van der Waals surface area contributed by atoms with E-state index in [-0.39, 0.29) is 5.91 Å². The fraction of sp³-hybridized carbons (Fsp3) is 0.357. The van der Waals surface area contributed by atoms with Gasteiger partial charge in [-0.2, -0.15) is 0 Å². The van der Waals surface area contributed by atoms with Gasteiger partial charge in [0.15, 0.2) is 0 Å². The Morgan fingerprint density at radius 2 is 2.11 bits per heavy atom. The molecule has 0 aliphatic carbocycles. The number of benzene rings is 1. The van der Waals surface area contributed by atoms with E-state index in [1.807, 2.05) is 30.3 Å². The molecule has 0 radical (unpaired) electrons. The van der Waals surface area contributed by atoms with Gasteiger partial charge in [0.1, 0.15) is 5.75 Å². The standard InChI is InChI=1S/C14H20N2O2/c1-2-9-15-12-14(17)16-10-6-11-18-13-7-4-3-5-8-13/h2-5,7-8,15H,1,6,9-12H2,(H,16,17). The predicted molar refractivity (Wildman–Crippen MR) is 72.6 cm³/mol. The number of para-hydroxylation sites is 1. The zero-order chi connectivity index (χ0) is 13.1. The van der Waals surface area contributed by atoms with Crippen molar-refractivity contribution in [2.24, 2.45) is 0 Å². The molecule has 1 aromatic carbocycles. The van der Waals surface area contributed by atoms with Crippen LogP contribution in [0.5, 0.6) is 5.75 Å². The Morgan fingerprint density at radius 1 is 1.33 bits per heavy atom. The molecule has 0 spiro atoms. The number of rotatable bonds is 9. The van der Waals surface area contributed by atoms with Crippen molar-refractivity contribution in [2.75, 3.05) is 26.2 Å². The van der Waals surface area contributed by atoms with Crippen molar-refractivity contribution < 1.29 is 9.53 Å². The molecular formula is C14H20N2O2. The van der Waals surface area contributed by atoms with Crippen LogP contribution >= 0.6 is 0 Å². The Hall–Kier alpha value is -1.81. The first-order valence-electron chi connectivity index (χ1n) is 6.09. The Kier molecular flexibility index (Phi) is 7.32. The summed E-state index contributed by atoms with van der Waals surface area (Å²) in [6.07, 6.45) is 2.52. The number of ether oxygens (including phenoxy) is 1. The summed E-state index contributed by atoms with van der Waals surface area (Å²) < 4.78 is 5.51. The molecule has 0 heterocycles. The summed E-state index contributed by atoms with van der Waals surface area (Å²) in [5, 5.41) is 5.75. The number of carbonyl (C=O) groups excluding carboxylic acids is 1. The van der Waals surface area contributed by atoms with Crippen molar-refractivity contribution in [3.63, 3.8) is 0 Å². The summed E-state index contributed by atoms with van der Waals surface area (Å²) in [5.74, 6) is 0.855. The minimum absolute atomic E-state index is 0.00318. The summed E-state index contributed by atoms with van der Waals surface area (Å²) in [4.78, 5) is 11.3. The summed E-state index contributed by atoms with van der Waals surface area (Å²) in [5.41, 5.74) is 0. The fourth-order valence-electron chi connectivity index (χ4n) is 1.36. The normalized spacial score (nSPS) is 9.78. The Balaban J connectivity index is 1.98. The SMILES string of the molecule is C=CCNCC(=O)NCCCOc1ccccc1. The highest BCUT2D eigenvalue weighted by atomic mass is 16.5. The molecule has 0 bridgehead atoms. The first kappa shape index (κ1) is 14.3. The van der Waals surface area contributed by atoms with Crippen LogP contribution in [0.2, 0.25) is 0 Å². The van der Waals surface area contributed by atoms with Crippen molar-refractivity contribution in [1.82, 2.24) is 10.6 Å². The molecule has 0 atom stereocenters. The maximum absolute atomic E-state index is 11.3. The minimum Gasteiger partial charge on any atom is -0.494 e. The molecule has 0 saturated carbocycles. The van der Waals surface area contributed by atoms with Crippen LogP contribution in [0.15, 0.2) is 43.0 Å². The van der Waals surface area contributed by atoms with E-state index < -0.39 is 0 Å². The highest BCUT2D eigenvalue weighted by Crippen LogP contribution is 2.07. The van der Waals surface area contributed by atoms with E-state index in [4.69, 9.17) is 4.74 Å². The first-order chi connectivity index (χ1) is 8.83. The first-order valence-corrected chi connectivity index (χ1v) is 6.09. The van der Waals surface area contributed by atoms with E-state index in [1.54, 1.807) is 6.08 Å². The molecule has 4 heteroatoms. The predicted octanol–water partition coefficient (Wildman–Crippen LogP) is 1.35. The van der Waals surface area contributed by atoms with Crippen LogP contribution in [-0.2, 0) is 4.79 Å². The summed E-state index contributed by atoms with van der Waals surface area (Å²) in [6.45, 7) is 5.76. The van der Waals surface area contributed by atoms with Gasteiger partial charge in [-0.25, -0.2) is 0 Å². The van der Waals surface area contributed by atoms with E-state index >= 15 is 0 Å². The van der Waals surface area contributed by atoms with Gasteiger partial charge in [-0.3, -0.25) is 4.79 Å².